The Morgan fingerprint density at radius 3 is 2.38 bits per heavy atom. The molecule has 0 aliphatic heterocycles. The molecule has 0 fully saturated rings. The number of benzene rings is 2. The van der Waals surface area contributed by atoms with E-state index < -0.39 is 0 Å². The number of carbonyl (C=O) groups is 1. The number of pyridine rings is 1. The molecule has 2 aromatic carbocycles. The number of methoxy groups -OCH3 is 2. The molecule has 0 aliphatic rings. The van der Waals surface area contributed by atoms with Crippen molar-refractivity contribution in [1.82, 2.24) is 10.3 Å². The largest absolute Gasteiger partial charge is 0.497 e. The molecule has 0 aliphatic carbocycles. The summed E-state index contributed by atoms with van der Waals surface area (Å²) in [5.41, 5.74) is 1.94. The fourth-order valence-electron chi connectivity index (χ4n) is 2.60. The van der Waals surface area contributed by atoms with E-state index in [1.165, 1.54) is 0 Å². The van der Waals surface area contributed by atoms with Crippen molar-refractivity contribution in [1.29, 1.82) is 0 Å². The van der Waals surface area contributed by atoms with Crippen molar-refractivity contribution >= 4 is 17.3 Å². The average molecular weight is 393 g/mol. The summed E-state index contributed by atoms with van der Waals surface area (Å²) in [6.07, 6.45) is 1.59. The third-order valence-corrected chi connectivity index (χ3v) is 4.07. The molecule has 3 aromatic rings. The van der Waals surface area contributed by atoms with Crippen LogP contribution in [-0.4, -0.2) is 38.3 Å². The van der Waals surface area contributed by atoms with E-state index in [1.807, 2.05) is 48.5 Å². The lowest BCUT2D eigenvalue weighted by molar-refractivity contribution is 0.0942. The molecule has 0 saturated carbocycles. The van der Waals surface area contributed by atoms with Gasteiger partial charge in [0.1, 0.15) is 29.5 Å². The van der Waals surface area contributed by atoms with Gasteiger partial charge in [-0.2, -0.15) is 0 Å². The lowest BCUT2D eigenvalue weighted by Crippen LogP contribution is -2.28. The summed E-state index contributed by atoms with van der Waals surface area (Å²) in [4.78, 5) is 16.5. The molecule has 7 heteroatoms. The molecule has 0 spiro atoms. The van der Waals surface area contributed by atoms with E-state index in [2.05, 4.69) is 15.6 Å². The van der Waals surface area contributed by atoms with Gasteiger partial charge in [-0.3, -0.25) is 9.78 Å². The second-order valence-electron chi connectivity index (χ2n) is 6.07. The molecule has 7 nitrogen and oxygen atoms in total. The van der Waals surface area contributed by atoms with Crippen molar-refractivity contribution < 1.29 is 19.0 Å². The van der Waals surface area contributed by atoms with E-state index in [-0.39, 0.29) is 5.91 Å². The minimum absolute atomic E-state index is 0.266. The average Bonchev–Trinajstić information content (AvgIpc) is 2.77. The first-order valence-electron chi connectivity index (χ1n) is 9.10. The van der Waals surface area contributed by atoms with Gasteiger partial charge in [0.05, 0.1) is 20.8 Å². The third kappa shape index (κ3) is 5.87. The molecule has 1 aromatic heterocycles. The SMILES string of the molecule is COc1ccc(OCCNC(=O)c2cc(Nc3cccc(OC)c3)ccn2)cc1. The Labute approximate surface area is 169 Å². The lowest BCUT2D eigenvalue weighted by atomic mass is 10.2. The molecule has 29 heavy (non-hydrogen) atoms. The summed E-state index contributed by atoms with van der Waals surface area (Å²) in [6, 6.07) is 18.3. The lowest BCUT2D eigenvalue weighted by Gasteiger charge is -2.10. The van der Waals surface area contributed by atoms with Crippen LogP contribution in [-0.2, 0) is 0 Å². The summed E-state index contributed by atoms with van der Waals surface area (Å²) >= 11 is 0. The van der Waals surface area contributed by atoms with E-state index in [0.29, 0.717) is 24.6 Å². The minimum Gasteiger partial charge on any atom is -0.497 e. The van der Waals surface area contributed by atoms with Gasteiger partial charge in [0, 0.05) is 23.6 Å². The zero-order valence-electron chi connectivity index (χ0n) is 16.3. The van der Waals surface area contributed by atoms with E-state index in [9.17, 15) is 4.79 Å². The maximum absolute atomic E-state index is 12.4. The van der Waals surface area contributed by atoms with E-state index in [4.69, 9.17) is 14.2 Å². The fraction of sp³-hybridized carbons (Fsp3) is 0.182. The molecule has 1 heterocycles. The highest BCUT2D eigenvalue weighted by molar-refractivity contribution is 5.93. The standard InChI is InChI=1S/C22H23N3O4/c1-27-18-6-8-19(9-7-18)29-13-12-24-22(26)21-15-17(10-11-23-21)25-16-4-3-5-20(14-16)28-2/h3-11,14-15H,12-13H2,1-2H3,(H,23,25)(H,24,26). The van der Waals surface area contributed by atoms with Gasteiger partial charge < -0.3 is 24.8 Å². The predicted molar refractivity (Wildman–Crippen MR) is 111 cm³/mol. The molecule has 150 valence electrons. The highest BCUT2D eigenvalue weighted by Gasteiger charge is 2.08. The summed E-state index contributed by atoms with van der Waals surface area (Å²) in [7, 11) is 3.23. The number of nitrogens with one attached hydrogen (secondary N) is 2. The molecule has 1 amide bonds. The van der Waals surface area contributed by atoms with Crippen LogP contribution in [0.2, 0.25) is 0 Å². The number of hydrogen-bond acceptors (Lipinski definition) is 6. The van der Waals surface area contributed by atoms with Crippen LogP contribution < -0.4 is 24.8 Å². The number of anilines is 2. The number of rotatable bonds is 9. The highest BCUT2D eigenvalue weighted by atomic mass is 16.5. The maximum atomic E-state index is 12.4. The maximum Gasteiger partial charge on any atom is 0.270 e. The van der Waals surface area contributed by atoms with E-state index in [1.54, 1.807) is 32.5 Å². The van der Waals surface area contributed by atoms with Crippen LogP contribution in [0.15, 0.2) is 66.9 Å². The van der Waals surface area contributed by atoms with Gasteiger partial charge in [-0.1, -0.05) is 6.07 Å². The van der Waals surface area contributed by atoms with Crippen LogP contribution in [0, 0.1) is 0 Å². The van der Waals surface area contributed by atoms with Crippen LogP contribution >= 0.6 is 0 Å². The summed E-state index contributed by atoms with van der Waals surface area (Å²) in [6.45, 7) is 0.708. The predicted octanol–water partition coefficient (Wildman–Crippen LogP) is 3.65. The van der Waals surface area contributed by atoms with Crippen molar-refractivity contribution in [3.05, 3.63) is 72.6 Å². The van der Waals surface area contributed by atoms with E-state index >= 15 is 0 Å². The zero-order chi connectivity index (χ0) is 20.5. The smallest absolute Gasteiger partial charge is 0.270 e. The number of carbonyl (C=O) groups excluding carboxylic acids is 1. The Kier molecular flexibility index (Phi) is 6.89. The molecule has 0 radical (unpaired) electrons. The molecule has 3 rings (SSSR count). The van der Waals surface area contributed by atoms with Crippen LogP contribution in [0.3, 0.4) is 0 Å². The van der Waals surface area contributed by atoms with Crippen molar-refractivity contribution in [3.63, 3.8) is 0 Å². The van der Waals surface area contributed by atoms with Crippen molar-refractivity contribution in [2.24, 2.45) is 0 Å². The molecule has 0 saturated heterocycles. The molecule has 0 bridgehead atoms. The Morgan fingerprint density at radius 1 is 0.897 bits per heavy atom. The molecular weight excluding hydrogens is 370 g/mol. The number of ether oxygens (including phenoxy) is 3. The van der Waals surface area contributed by atoms with Gasteiger partial charge in [-0.25, -0.2) is 0 Å². The monoisotopic (exact) mass is 393 g/mol. The van der Waals surface area contributed by atoms with Gasteiger partial charge >= 0.3 is 0 Å². The second kappa shape index (κ2) is 9.98. The first-order chi connectivity index (χ1) is 14.2. The zero-order valence-corrected chi connectivity index (χ0v) is 16.3. The highest BCUT2D eigenvalue weighted by Crippen LogP contribution is 2.21. The van der Waals surface area contributed by atoms with Crippen LogP contribution in [0.25, 0.3) is 0 Å². The first kappa shape index (κ1) is 20.0. The molecule has 0 unspecified atom stereocenters. The third-order valence-electron chi connectivity index (χ3n) is 4.07. The Hall–Kier alpha value is -3.74. The summed E-state index contributed by atoms with van der Waals surface area (Å²) in [5, 5.41) is 6.04. The van der Waals surface area contributed by atoms with Crippen LogP contribution in [0.4, 0.5) is 11.4 Å². The molecule has 2 N–H and O–H groups in total. The fourth-order valence-corrected chi connectivity index (χ4v) is 2.60. The van der Waals surface area contributed by atoms with Crippen molar-refractivity contribution in [2.45, 2.75) is 0 Å². The quantitative estimate of drug-likeness (QED) is 0.540. The first-order valence-corrected chi connectivity index (χ1v) is 9.10. The van der Waals surface area contributed by atoms with Gasteiger partial charge in [-0.15, -0.1) is 0 Å². The molecule has 0 atom stereocenters. The topological polar surface area (TPSA) is 81.7 Å². The Balaban J connectivity index is 1.50. The normalized spacial score (nSPS) is 10.1. The minimum atomic E-state index is -0.266. The number of hydrogen-bond donors (Lipinski definition) is 2. The van der Waals surface area contributed by atoms with Crippen molar-refractivity contribution in [3.8, 4) is 17.2 Å². The second-order valence-corrected chi connectivity index (χ2v) is 6.07. The summed E-state index contributed by atoms with van der Waals surface area (Å²) in [5.74, 6) is 1.96. The van der Waals surface area contributed by atoms with E-state index in [0.717, 1.165) is 22.9 Å². The van der Waals surface area contributed by atoms with Gasteiger partial charge in [0.2, 0.25) is 0 Å². The van der Waals surface area contributed by atoms with Crippen LogP contribution in [0.5, 0.6) is 17.2 Å². The van der Waals surface area contributed by atoms with Gasteiger partial charge in [0.15, 0.2) is 0 Å². The van der Waals surface area contributed by atoms with Crippen LogP contribution in [0.1, 0.15) is 10.5 Å². The molecular formula is C22H23N3O4. The Morgan fingerprint density at radius 2 is 1.62 bits per heavy atom. The van der Waals surface area contributed by atoms with Gasteiger partial charge in [-0.05, 0) is 48.5 Å². The Bertz CT molecular complexity index is 945. The van der Waals surface area contributed by atoms with Crippen molar-refractivity contribution in [2.75, 3.05) is 32.7 Å². The number of amides is 1. The summed E-state index contributed by atoms with van der Waals surface area (Å²) < 4.78 is 15.9. The number of nitrogens with zero attached hydrogens (tertiary/aromatic N) is 1. The van der Waals surface area contributed by atoms with Gasteiger partial charge in [0.25, 0.3) is 5.91 Å². The number of aromatic nitrogens is 1.